The lowest BCUT2D eigenvalue weighted by atomic mass is 10.1. The van der Waals surface area contributed by atoms with E-state index < -0.39 is 0 Å². The number of carbonyl (C=O) groups is 1. The lowest BCUT2D eigenvalue weighted by molar-refractivity contribution is 0.0952. The van der Waals surface area contributed by atoms with Crippen LogP contribution in [0.4, 0.5) is 0 Å². The largest absolute Gasteiger partial charge is 0.494 e. The summed E-state index contributed by atoms with van der Waals surface area (Å²) in [6.07, 6.45) is 4.90. The average Bonchev–Trinajstić information content (AvgIpc) is 3.21. The predicted octanol–water partition coefficient (Wildman–Crippen LogP) is 6.57. The van der Waals surface area contributed by atoms with E-state index in [2.05, 4.69) is 60.1 Å². The molecular weight excluding hydrogens is 446 g/mol. The van der Waals surface area contributed by atoms with Crippen LogP contribution in [0.3, 0.4) is 0 Å². The zero-order chi connectivity index (χ0) is 25.3. The second kappa shape index (κ2) is 12.4. The second-order valence-electron chi connectivity index (χ2n) is 9.58. The number of hydrogen-bond acceptors (Lipinski definition) is 3. The predicted molar refractivity (Wildman–Crippen MR) is 147 cm³/mol. The summed E-state index contributed by atoms with van der Waals surface area (Å²) in [5.74, 6) is 2.09. The van der Waals surface area contributed by atoms with Crippen LogP contribution >= 0.6 is 0 Å². The molecule has 0 bridgehead atoms. The van der Waals surface area contributed by atoms with Gasteiger partial charge in [0.25, 0.3) is 5.91 Å². The first-order valence-corrected chi connectivity index (χ1v) is 13.0. The zero-order valence-electron chi connectivity index (χ0n) is 21.7. The molecule has 0 radical (unpaired) electrons. The van der Waals surface area contributed by atoms with Gasteiger partial charge >= 0.3 is 0 Å². The smallest absolute Gasteiger partial charge is 0.251 e. The van der Waals surface area contributed by atoms with Crippen LogP contribution in [-0.4, -0.2) is 28.6 Å². The Kier molecular flexibility index (Phi) is 8.77. The minimum Gasteiger partial charge on any atom is -0.494 e. The first kappa shape index (κ1) is 25.5. The first-order valence-electron chi connectivity index (χ1n) is 13.0. The number of para-hydroxylation sites is 2. The fraction of sp³-hybridized carbons (Fsp3) is 0.355. The number of unbranched alkanes of at least 4 members (excludes halogenated alkanes) is 2. The van der Waals surface area contributed by atoms with Gasteiger partial charge < -0.3 is 14.6 Å². The molecule has 0 aliphatic carbocycles. The maximum absolute atomic E-state index is 12.4. The number of benzene rings is 3. The van der Waals surface area contributed by atoms with E-state index >= 15 is 0 Å². The maximum atomic E-state index is 12.4. The zero-order valence-corrected chi connectivity index (χ0v) is 21.7. The third-order valence-corrected chi connectivity index (χ3v) is 6.48. The molecule has 5 heteroatoms. The van der Waals surface area contributed by atoms with Crippen LogP contribution < -0.4 is 10.1 Å². The Balaban J connectivity index is 1.26. The highest BCUT2D eigenvalue weighted by molar-refractivity contribution is 5.95. The van der Waals surface area contributed by atoms with Crippen molar-refractivity contribution in [3.05, 3.63) is 94.8 Å². The van der Waals surface area contributed by atoms with E-state index in [0.29, 0.717) is 13.2 Å². The standard InChI is InChI=1S/C31H37N3O2/c1-23-20-24(2)22-26(21-23)36-19-11-18-34-29-15-9-8-14-28(29)33-30(34)16-5-4-10-17-32-31(35)27-13-7-6-12-25(27)3/h6-9,12-15,20-22H,4-5,10-11,16-19H2,1-3H3,(H,32,35). The number of aryl methyl sites for hydroxylation is 5. The molecule has 0 aliphatic rings. The van der Waals surface area contributed by atoms with Crippen molar-refractivity contribution in [2.45, 2.75) is 59.4 Å². The number of rotatable bonds is 12. The Morgan fingerprint density at radius 1 is 0.889 bits per heavy atom. The topological polar surface area (TPSA) is 56.1 Å². The summed E-state index contributed by atoms with van der Waals surface area (Å²) < 4.78 is 8.38. The van der Waals surface area contributed by atoms with Crippen LogP contribution in [0.25, 0.3) is 11.0 Å². The van der Waals surface area contributed by atoms with Gasteiger partial charge in [-0.25, -0.2) is 4.98 Å². The van der Waals surface area contributed by atoms with Crippen molar-refractivity contribution in [2.75, 3.05) is 13.2 Å². The summed E-state index contributed by atoms with van der Waals surface area (Å²) >= 11 is 0. The van der Waals surface area contributed by atoms with Gasteiger partial charge in [0.15, 0.2) is 0 Å². The Labute approximate surface area is 214 Å². The molecule has 0 unspecified atom stereocenters. The van der Waals surface area contributed by atoms with E-state index in [9.17, 15) is 4.79 Å². The van der Waals surface area contributed by atoms with E-state index in [-0.39, 0.29) is 5.91 Å². The van der Waals surface area contributed by atoms with Gasteiger partial charge in [0.05, 0.1) is 17.6 Å². The molecule has 0 atom stereocenters. The van der Waals surface area contributed by atoms with E-state index in [0.717, 1.165) is 66.9 Å². The molecule has 1 amide bonds. The van der Waals surface area contributed by atoms with Crippen molar-refractivity contribution in [3.63, 3.8) is 0 Å². The van der Waals surface area contributed by atoms with Crippen molar-refractivity contribution < 1.29 is 9.53 Å². The molecule has 3 aromatic carbocycles. The monoisotopic (exact) mass is 483 g/mol. The van der Waals surface area contributed by atoms with Crippen LogP contribution in [0.15, 0.2) is 66.7 Å². The van der Waals surface area contributed by atoms with Crippen molar-refractivity contribution in [1.29, 1.82) is 0 Å². The molecule has 0 spiro atoms. The van der Waals surface area contributed by atoms with Gasteiger partial charge in [0.1, 0.15) is 11.6 Å². The van der Waals surface area contributed by atoms with E-state index in [1.165, 1.54) is 16.6 Å². The fourth-order valence-corrected chi connectivity index (χ4v) is 4.70. The van der Waals surface area contributed by atoms with Crippen molar-refractivity contribution in [1.82, 2.24) is 14.9 Å². The Hall–Kier alpha value is -3.60. The third kappa shape index (κ3) is 6.75. The van der Waals surface area contributed by atoms with E-state index in [4.69, 9.17) is 9.72 Å². The number of imidazole rings is 1. The lowest BCUT2D eigenvalue weighted by Gasteiger charge is -2.11. The van der Waals surface area contributed by atoms with Crippen molar-refractivity contribution in [2.24, 2.45) is 0 Å². The SMILES string of the molecule is Cc1cc(C)cc(OCCCn2c(CCCCCNC(=O)c3ccccc3C)nc3ccccc32)c1. The number of ether oxygens (including phenoxy) is 1. The summed E-state index contributed by atoms with van der Waals surface area (Å²) in [6.45, 7) is 8.42. The molecule has 4 rings (SSSR count). The molecule has 188 valence electrons. The van der Waals surface area contributed by atoms with Crippen LogP contribution in [0.5, 0.6) is 5.75 Å². The highest BCUT2D eigenvalue weighted by Crippen LogP contribution is 2.20. The molecule has 1 N–H and O–H groups in total. The number of amides is 1. The number of fused-ring (bicyclic) bond motifs is 1. The number of hydrogen-bond donors (Lipinski definition) is 1. The van der Waals surface area contributed by atoms with Gasteiger partial charge in [-0.15, -0.1) is 0 Å². The van der Waals surface area contributed by atoms with Crippen LogP contribution in [0.1, 0.15) is 58.6 Å². The molecule has 0 fully saturated rings. The van der Waals surface area contributed by atoms with Crippen LogP contribution in [0.2, 0.25) is 0 Å². The molecule has 0 saturated carbocycles. The second-order valence-corrected chi connectivity index (χ2v) is 9.58. The summed E-state index contributed by atoms with van der Waals surface area (Å²) in [4.78, 5) is 17.3. The molecular formula is C31H37N3O2. The molecule has 4 aromatic rings. The molecule has 0 saturated heterocycles. The number of aromatic nitrogens is 2. The summed E-state index contributed by atoms with van der Waals surface area (Å²) in [5, 5.41) is 3.05. The normalized spacial score (nSPS) is 11.1. The molecule has 0 aliphatic heterocycles. The van der Waals surface area contributed by atoms with E-state index in [1.54, 1.807) is 0 Å². The van der Waals surface area contributed by atoms with Gasteiger partial charge in [-0.1, -0.05) is 42.8 Å². The van der Waals surface area contributed by atoms with Gasteiger partial charge in [0.2, 0.25) is 0 Å². The molecule has 36 heavy (non-hydrogen) atoms. The number of nitrogens with zero attached hydrogens (tertiary/aromatic N) is 2. The average molecular weight is 484 g/mol. The third-order valence-electron chi connectivity index (χ3n) is 6.48. The summed E-state index contributed by atoms with van der Waals surface area (Å²) in [7, 11) is 0. The molecule has 1 heterocycles. The summed E-state index contributed by atoms with van der Waals surface area (Å²) in [6, 6.07) is 22.4. The number of nitrogens with one attached hydrogen (secondary N) is 1. The van der Waals surface area contributed by atoms with E-state index in [1.807, 2.05) is 37.3 Å². The van der Waals surface area contributed by atoms with Crippen LogP contribution in [0, 0.1) is 20.8 Å². The minimum atomic E-state index is 0.0120. The van der Waals surface area contributed by atoms with Crippen molar-refractivity contribution >= 4 is 16.9 Å². The number of carbonyl (C=O) groups excluding carboxylic acids is 1. The quantitative estimate of drug-likeness (QED) is 0.232. The van der Waals surface area contributed by atoms with Gasteiger partial charge in [-0.3, -0.25) is 4.79 Å². The highest BCUT2D eigenvalue weighted by Gasteiger charge is 2.11. The van der Waals surface area contributed by atoms with Gasteiger partial charge in [0, 0.05) is 25.1 Å². The van der Waals surface area contributed by atoms with Gasteiger partial charge in [-0.05, 0) is 87.1 Å². The fourth-order valence-electron chi connectivity index (χ4n) is 4.70. The first-order chi connectivity index (χ1) is 17.5. The minimum absolute atomic E-state index is 0.0120. The lowest BCUT2D eigenvalue weighted by Crippen LogP contribution is -2.25. The Bertz CT molecular complexity index is 1290. The van der Waals surface area contributed by atoms with Crippen molar-refractivity contribution in [3.8, 4) is 5.75 Å². The summed E-state index contributed by atoms with van der Waals surface area (Å²) in [5.41, 5.74) is 6.45. The maximum Gasteiger partial charge on any atom is 0.251 e. The highest BCUT2D eigenvalue weighted by atomic mass is 16.5. The van der Waals surface area contributed by atoms with Crippen LogP contribution in [-0.2, 0) is 13.0 Å². The Morgan fingerprint density at radius 2 is 1.64 bits per heavy atom. The molecule has 5 nitrogen and oxygen atoms in total. The van der Waals surface area contributed by atoms with Gasteiger partial charge in [-0.2, -0.15) is 0 Å². The Morgan fingerprint density at radius 3 is 2.44 bits per heavy atom. The molecule has 1 aromatic heterocycles.